The van der Waals surface area contributed by atoms with Crippen LogP contribution in [0.3, 0.4) is 0 Å². The molecule has 34 heavy (non-hydrogen) atoms. The number of pyridine rings is 1. The van der Waals surface area contributed by atoms with Crippen LogP contribution in [-0.2, 0) is 11.8 Å². The van der Waals surface area contributed by atoms with Gasteiger partial charge < -0.3 is 9.47 Å². The van der Waals surface area contributed by atoms with Crippen molar-refractivity contribution in [2.75, 3.05) is 7.11 Å². The molecule has 9 nitrogen and oxygen atoms in total. The van der Waals surface area contributed by atoms with Crippen LogP contribution in [-0.4, -0.2) is 37.6 Å². The van der Waals surface area contributed by atoms with Crippen LogP contribution in [0.1, 0.15) is 27.3 Å². The first-order valence-corrected chi connectivity index (χ1v) is 10.4. The summed E-state index contributed by atoms with van der Waals surface area (Å²) in [5, 5.41) is 19.1. The van der Waals surface area contributed by atoms with Gasteiger partial charge in [-0.05, 0) is 44.2 Å². The first-order valence-electron chi connectivity index (χ1n) is 10.4. The van der Waals surface area contributed by atoms with Crippen LogP contribution >= 0.6 is 0 Å². The molecule has 0 bridgehead atoms. The van der Waals surface area contributed by atoms with Gasteiger partial charge in [-0.25, -0.2) is 9.48 Å². The highest BCUT2D eigenvalue weighted by atomic mass is 16.5. The lowest BCUT2D eigenvalue weighted by atomic mass is 10.1. The topological polar surface area (TPSA) is 108 Å². The molecule has 0 fully saturated rings. The number of para-hydroxylation sites is 1. The summed E-state index contributed by atoms with van der Waals surface area (Å²) in [6.07, 6.45) is 3.29. The average Bonchev–Trinajstić information content (AvgIpc) is 3.43. The number of carbonyl (C=O) groups is 1. The van der Waals surface area contributed by atoms with E-state index in [1.807, 2.05) is 32.0 Å². The number of benzene rings is 1. The van der Waals surface area contributed by atoms with Gasteiger partial charge >= 0.3 is 5.97 Å². The molecule has 0 radical (unpaired) electrons. The number of aryl methyl sites for hydroxylation is 2. The Hall–Kier alpha value is -4.71. The van der Waals surface area contributed by atoms with Gasteiger partial charge in [0.25, 0.3) is 0 Å². The van der Waals surface area contributed by atoms with Crippen LogP contribution in [0.15, 0.2) is 60.9 Å². The van der Waals surface area contributed by atoms with Gasteiger partial charge in [-0.3, -0.25) is 9.67 Å². The number of allylic oxidation sites excluding steroid dienone is 1. The van der Waals surface area contributed by atoms with Crippen LogP contribution < -0.4 is 4.74 Å². The highest BCUT2D eigenvalue weighted by Crippen LogP contribution is 2.30. The highest BCUT2D eigenvalue weighted by Gasteiger charge is 2.26. The third kappa shape index (κ3) is 4.17. The van der Waals surface area contributed by atoms with E-state index in [9.17, 15) is 10.1 Å². The molecule has 170 valence electrons. The molecular weight excluding hydrogens is 432 g/mol. The first-order chi connectivity index (χ1) is 16.4. The molecule has 0 aliphatic rings. The van der Waals surface area contributed by atoms with E-state index in [1.165, 1.54) is 11.8 Å². The number of ether oxygens (including phenoxy) is 2. The average molecular weight is 454 g/mol. The van der Waals surface area contributed by atoms with Gasteiger partial charge in [-0.1, -0.05) is 18.2 Å². The van der Waals surface area contributed by atoms with Crippen molar-refractivity contribution in [3.8, 4) is 23.2 Å². The van der Waals surface area contributed by atoms with Crippen molar-refractivity contribution < 1.29 is 14.3 Å². The molecule has 0 aliphatic heterocycles. The van der Waals surface area contributed by atoms with Crippen LogP contribution in [0, 0.1) is 25.2 Å². The third-order valence-electron chi connectivity index (χ3n) is 5.32. The Morgan fingerprint density at radius 1 is 1.03 bits per heavy atom. The standard InChI is InChI=1S/C25H22N6O3/c1-16-17(2)28-30(3)23(16)24(34-25(32)18-9-5-6-11-22(18)33-4)21(15-26)31-14-12-20(29-31)19-10-7-8-13-27-19/h5-14H,1-4H3. The normalized spacial score (nSPS) is 11.5. The monoisotopic (exact) mass is 454 g/mol. The summed E-state index contributed by atoms with van der Waals surface area (Å²) in [6, 6.07) is 16.1. The zero-order valence-corrected chi connectivity index (χ0v) is 19.2. The maximum atomic E-state index is 13.2. The number of rotatable bonds is 6. The Balaban J connectivity index is 1.87. The van der Waals surface area contributed by atoms with Gasteiger partial charge in [0, 0.05) is 25.0 Å². The minimum absolute atomic E-state index is 0.0246. The molecule has 3 aromatic heterocycles. The van der Waals surface area contributed by atoms with Crippen molar-refractivity contribution in [1.82, 2.24) is 24.5 Å². The van der Waals surface area contributed by atoms with Gasteiger partial charge in [-0.15, -0.1) is 0 Å². The molecule has 0 aliphatic carbocycles. The second-order valence-electron chi connectivity index (χ2n) is 7.42. The molecule has 0 N–H and O–H groups in total. The number of carbonyl (C=O) groups excluding carboxylic acids is 1. The Bertz CT molecular complexity index is 1430. The minimum Gasteiger partial charge on any atom is -0.496 e. The predicted molar refractivity (Wildman–Crippen MR) is 125 cm³/mol. The number of methoxy groups -OCH3 is 1. The smallest absolute Gasteiger partial charge is 0.347 e. The van der Waals surface area contributed by atoms with E-state index in [2.05, 4.69) is 21.3 Å². The number of nitrogens with zero attached hydrogens (tertiary/aromatic N) is 6. The van der Waals surface area contributed by atoms with Gasteiger partial charge in [-0.2, -0.15) is 15.5 Å². The molecule has 0 atom stereocenters. The van der Waals surface area contributed by atoms with Crippen molar-refractivity contribution in [1.29, 1.82) is 5.26 Å². The van der Waals surface area contributed by atoms with Crippen LogP contribution in [0.4, 0.5) is 0 Å². The number of hydrogen-bond acceptors (Lipinski definition) is 7. The number of aromatic nitrogens is 5. The SMILES string of the molecule is COc1ccccc1C(=O)OC(=C(C#N)n1ccc(-c2ccccn2)n1)c1c(C)c(C)nn1C. The summed E-state index contributed by atoms with van der Waals surface area (Å²) >= 11 is 0. The van der Waals surface area contributed by atoms with Gasteiger partial charge in [0.2, 0.25) is 0 Å². The fourth-order valence-electron chi connectivity index (χ4n) is 3.56. The van der Waals surface area contributed by atoms with E-state index >= 15 is 0 Å². The van der Waals surface area contributed by atoms with Crippen LogP contribution in [0.5, 0.6) is 5.75 Å². The summed E-state index contributed by atoms with van der Waals surface area (Å²) in [6.45, 7) is 3.70. The van der Waals surface area contributed by atoms with Crippen molar-refractivity contribution in [3.63, 3.8) is 0 Å². The molecule has 0 saturated heterocycles. The zero-order valence-electron chi connectivity index (χ0n) is 19.2. The number of hydrogen-bond donors (Lipinski definition) is 0. The fraction of sp³-hybridized carbons (Fsp3) is 0.160. The summed E-state index contributed by atoms with van der Waals surface area (Å²) in [5.74, 6) is -0.273. The van der Waals surface area contributed by atoms with Gasteiger partial charge in [0.05, 0.1) is 18.5 Å². The van der Waals surface area contributed by atoms with E-state index in [0.717, 1.165) is 11.3 Å². The lowest BCUT2D eigenvalue weighted by molar-refractivity contribution is 0.0687. The molecule has 0 spiro atoms. The summed E-state index contributed by atoms with van der Waals surface area (Å²) in [4.78, 5) is 17.5. The Labute approximate surface area is 196 Å². The zero-order chi connectivity index (χ0) is 24.2. The first kappa shape index (κ1) is 22.5. The largest absolute Gasteiger partial charge is 0.496 e. The summed E-state index contributed by atoms with van der Waals surface area (Å²) < 4.78 is 14.1. The van der Waals surface area contributed by atoms with Gasteiger partial charge in [0.1, 0.15) is 28.8 Å². The Morgan fingerprint density at radius 2 is 1.79 bits per heavy atom. The van der Waals surface area contributed by atoms with Crippen molar-refractivity contribution in [2.45, 2.75) is 13.8 Å². The second kappa shape index (κ2) is 9.42. The Kier molecular flexibility index (Phi) is 6.23. The van der Waals surface area contributed by atoms with E-state index in [-0.39, 0.29) is 17.0 Å². The summed E-state index contributed by atoms with van der Waals surface area (Å²) in [5.41, 5.74) is 3.49. The van der Waals surface area contributed by atoms with E-state index in [4.69, 9.17) is 9.47 Å². The molecule has 4 rings (SSSR count). The third-order valence-corrected chi connectivity index (χ3v) is 5.32. The molecule has 0 amide bonds. The summed E-state index contributed by atoms with van der Waals surface area (Å²) in [7, 11) is 3.20. The molecule has 4 aromatic rings. The number of esters is 1. The fourth-order valence-corrected chi connectivity index (χ4v) is 3.56. The Morgan fingerprint density at radius 3 is 2.44 bits per heavy atom. The predicted octanol–water partition coefficient (Wildman–Crippen LogP) is 4.01. The van der Waals surface area contributed by atoms with Gasteiger partial charge in [0.15, 0.2) is 11.5 Å². The number of nitriles is 1. The van der Waals surface area contributed by atoms with Crippen molar-refractivity contribution >= 4 is 17.4 Å². The van der Waals surface area contributed by atoms with E-state index < -0.39 is 5.97 Å². The molecular formula is C25H22N6O3. The molecule has 9 heteroatoms. The van der Waals surface area contributed by atoms with E-state index in [1.54, 1.807) is 54.5 Å². The van der Waals surface area contributed by atoms with Crippen molar-refractivity contribution in [3.05, 3.63) is 83.4 Å². The molecule has 1 aromatic carbocycles. The van der Waals surface area contributed by atoms with E-state index in [0.29, 0.717) is 22.8 Å². The minimum atomic E-state index is -0.671. The lowest BCUT2D eigenvalue weighted by Crippen LogP contribution is -2.13. The molecule has 0 saturated carbocycles. The molecule has 0 unspecified atom stereocenters. The van der Waals surface area contributed by atoms with Crippen LogP contribution in [0.25, 0.3) is 22.8 Å². The van der Waals surface area contributed by atoms with Crippen LogP contribution in [0.2, 0.25) is 0 Å². The quantitative estimate of drug-likeness (QED) is 0.246. The van der Waals surface area contributed by atoms with Crippen molar-refractivity contribution in [2.24, 2.45) is 7.05 Å². The maximum absolute atomic E-state index is 13.2. The second-order valence-corrected chi connectivity index (χ2v) is 7.42. The molecule has 3 heterocycles. The maximum Gasteiger partial charge on any atom is 0.347 e. The highest BCUT2D eigenvalue weighted by molar-refractivity contribution is 5.99. The lowest BCUT2D eigenvalue weighted by Gasteiger charge is -2.14.